The van der Waals surface area contributed by atoms with Crippen LogP contribution in [0.3, 0.4) is 0 Å². The maximum Gasteiger partial charge on any atom is 0.217 e. The van der Waals surface area contributed by atoms with Gasteiger partial charge in [-0.15, -0.1) is 0 Å². The highest BCUT2D eigenvalue weighted by Gasteiger charge is 2.55. The van der Waals surface area contributed by atoms with Crippen LogP contribution in [0.2, 0.25) is 0 Å². The number of nitrogens with one attached hydrogen (secondary N) is 1. The lowest BCUT2D eigenvalue weighted by Gasteiger charge is -2.49. The second-order valence-corrected chi connectivity index (χ2v) is 11.8. The smallest absolute Gasteiger partial charge is 0.217 e. The Morgan fingerprint density at radius 2 is 1.04 bits per heavy atom. The van der Waals surface area contributed by atoms with Gasteiger partial charge in [0, 0.05) is 6.92 Å². The number of carbonyl (C=O) groups excluding carboxylic acids is 1. The molecule has 0 aromatic carbocycles. The molecule has 0 unspecified atom stereocenters. The van der Waals surface area contributed by atoms with E-state index in [0.29, 0.717) is 0 Å². The lowest BCUT2D eigenvalue weighted by Crippen LogP contribution is -2.68. The van der Waals surface area contributed by atoms with Gasteiger partial charge < -0.3 is 89.5 Å². The third-order valence-corrected chi connectivity index (χ3v) is 8.49. The molecule has 1 amide bonds. The van der Waals surface area contributed by atoms with Gasteiger partial charge >= 0.3 is 0 Å². The van der Waals surface area contributed by atoms with Crippen LogP contribution >= 0.6 is 0 Å². The first-order valence-electron chi connectivity index (χ1n) is 14.7. The van der Waals surface area contributed by atoms with Crippen molar-refractivity contribution in [2.45, 2.75) is 150 Å². The zero-order valence-electron chi connectivity index (χ0n) is 25.0. The number of rotatable bonds is 8. The molecular weight excluding hydrogens is 614 g/mol. The number of hydrogen-bond acceptors (Lipinski definition) is 18. The summed E-state index contributed by atoms with van der Waals surface area (Å²) in [6, 6.07) is -1.45. The molecule has 0 aromatic rings. The minimum atomic E-state index is -1.79. The molecule has 0 bridgehead atoms. The Morgan fingerprint density at radius 3 is 1.53 bits per heavy atom. The summed E-state index contributed by atoms with van der Waals surface area (Å²) in [5, 5.41) is 107. The van der Waals surface area contributed by atoms with E-state index in [1.807, 2.05) is 0 Å². The molecule has 20 atom stereocenters. The first-order valence-corrected chi connectivity index (χ1v) is 14.7. The van der Waals surface area contributed by atoms with Crippen LogP contribution in [0.4, 0.5) is 0 Å². The van der Waals surface area contributed by atoms with Crippen LogP contribution in [0, 0.1) is 0 Å². The SMILES string of the molecule is CC(=O)N[C@H]1[C@H](O[C@H]2[C@H](O[C@H]3[C@H](O[C@@H]4[C@@H](O)[C@H](C)O[C@@H](O)[C@@H]4O)O[C@@H](C)[C@H](O)[C@H]3O)O[C@@H](C)[C@H](O)[C@H]2O)O[C@H](CO)[C@@H](O)[C@@H]1O. The number of carbonyl (C=O) groups is 1. The largest absolute Gasteiger partial charge is 0.394 e. The summed E-state index contributed by atoms with van der Waals surface area (Å²) in [6.07, 6.45) is -29.6. The van der Waals surface area contributed by atoms with Crippen LogP contribution in [0.15, 0.2) is 0 Å². The summed E-state index contributed by atoms with van der Waals surface area (Å²) in [5.74, 6) is -0.657. The summed E-state index contributed by atoms with van der Waals surface area (Å²) in [4.78, 5) is 11.9. The van der Waals surface area contributed by atoms with Crippen LogP contribution in [0.25, 0.3) is 0 Å². The quantitative estimate of drug-likeness (QED) is 0.115. The predicted octanol–water partition coefficient (Wildman–Crippen LogP) is -6.52. The van der Waals surface area contributed by atoms with Crippen LogP contribution in [0.5, 0.6) is 0 Å². The molecule has 0 spiro atoms. The third kappa shape index (κ3) is 7.60. The van der Waals surface area contributed by atoms with Gasteiger partial charge in [-0.05, 0) is 20.8 Å². The number of amides is 1. The maximum atomic E-state index is 11.9. The Labute approximate surface area is 257 Å². The number of aliphatic hydroxyl groups excluding tert-OH is 10. The van der Waals surface area contributed by atoms with Gasteiger partial charge in [0.05, 0.1) is 24.9 Å². The van der Waals surface area contributed by atoms with Crippen LogP contribution < -0.4 is 5.32 Å². The van der Waals surface area contributed by atoms with Gasteiger partial charge in [0.1, 0.15) is 79.3 Å². The highest BCUT2D eigenvalue weighted by Crippen LogP contribution is 2.34. The summed E-state index contributed by atoms with van der Waals surface area (Å²) in [5.41, 5.74) is 0. The fraction of sp³-hybridized carbons (Fsp3) is 0.962. The molecule has 4 saturated heterocycles. The van der Waals surface area contributed by atoms with Gasteiger partial charge in [0.25, 0.3) is 0 Å². The van der Waals surface area contributed by atoms with Gasteiger partial charge in [-0.3, -0.25) is 4.79 Å². The summed E-state index contributed by atoms with van der Waals surface area (Å²) in [6.45, 7) is 4.55. The van der Waals surface area contributed by atoms with Gasteiger partial charge in [0.15, 0.2) is 25.2 Å². The zero-order chi connectivity index (χ0) is 33.5. The van der Waals surface area contributed by atoms with Crippen molar-refractivity contribution in [3.05, 3.63) is 0 Å². The topological polar surface area (TPSA) is 296 Å². The number of aliphatic hydroxyl groups is 10. The Hall–Kier alpha value is -1.21. The average molecular weight is 660 g/mol. The van der Waals surface area contributed by atoms with Crippen molar-refractivity contribution < 1.29 is 89.0 Å². The van der Waals surface area contributed by atoms with Crippen molar-refractivity contribution in [3.63, 3.8) is 0 Å². The normalized spacial score (nSPS) is 52.8. The molecule has 19 heteroatoms. The molecule has 4 rings (SSSR count). The second kappa shape index (κ2) is 14.9. The fourth-order valence-electron chi connectivity index (χ4n) is 5.74. The maximum absolute atomic E-state index is 11.9. The molecule has 262 valence electrons. The van der Waals surface area contributed by atoms with Gasteiger partial charge in [-0.1, -0.05) is 0 Å². The van der Waals surface area contributed by atoms with Crippen LogP contribution in [-0.4, -0.2) is 186 Å². The minimum absolute atomic E-state index is 0.657. The van der Waals surface area contributed by atoms with E-state index in [-0.39, 0.29) is 0 Å². The summed E-state index contributed by atoms with van der Waals surface area (Å²) >= 11 is 0. The van der Waals surface area contributed by atoms with E-state index in [9.17, 15) is 55.9 Å². The molecule has 4 aliphatic rings. The summed E-state index contributed by atoms with van der Waals surface area (Å²) < 4.78 is 39.7. The summed E-state index contributed by atoms with van der Waals surface area (Å²) in [7, 11) is 0. The average Bonchev–Trinajstić information content (AvgIpc) is 2.98. The van der Waals surface area contributed by atoms with Gasteiger partial charge in [-0.2, -0.15) is 0 Å². The molecule has 0 aromatic heterocycles. The Morgan fingerprint density at radius 1 is 0.578 bits per heavy atom. The Balaban J connectivity index is 1.62. The molecule has 4 fully saturated rings. The van der Waals surface area contributed by atoms with E-state index in [1.165, 1.54) is 20.8 Å². The van der Waals surface area contributed by atoms with Crippen molar-refractivity contribution in [1.82, 2.24) is 5.32 Å². The second-order valence-electron chi connectivity index (χ2n) is 11.8. The van der Waals surface area contributed by atoms with E-state index in [0.717, 1.165) is 6.92 Å². The third-order valence-electron chi connectivity index (χ3n) is 8.49. The Bertz CT molecular complexity index is 966. The van der Waals surface area contributed by atoms with Crippen LogP contribution in [0.1, 0.15) is 27.7 Å². The van der Waals surface area contributed by atoms with E-state index in [4.69, 9.17) is 33.2 Å². The molecular formula is C26H45NO18. The lowest BCUT2D eigenvalue weighted by atomic mass is 9.95. The molecule has 0 aliphatic carbocycles. The molecule has 0 radical (unpaired) electrons. The monoisotopic (exact) mass is 659 g/mol. The highest BCUT2D eigenvalue weighted by molar-refractivity contribution is 5.73. The van der Waals surface area contributed by atoms with Gasteiger partial charge in [0.2, 0.25) is 5.91 Å². The molecule has 45 heavy (non-hydrogen) atoms. The van der Waals surface area contributed by atoms with E-state index >= 15 is 0 Å². The number of ether oxygens (including phenoxy) is 7. The molecule has 4 aliphatic heterocycles. The Kier molecular flexibility index (Phi) is 12.1. The van der Waals surface area contributed by atoms with E-state index < -0.39 is 135 Å². The van der Waals surface area contributed by atoms with Crippen molar-refractivity contribution in [2.24, 2.45) is 0 Å². The van der Waals surface area contributed by atoms with E-state index in [1.54, 1.807) is 0 Å². The van der Waals surface area contributed by atoms with Crippen molar-refractivity contribution >= 4 is 5.91 Å². The zero-order valence-corrected chi connectivity index (χ0v) is 25.0. The molecule has 4 heterocycles. The lowest BCUT2D eigenvalue weighted by molar-refractivity contribution is -0.395. The molecule has 11 N–H and O–H groups in total. The predicted molar refractivity (Wildman–Crippen MR) is 141 cm³/mol. The number of hydrogen-bond donors (Lipinski definition) is 11. The minimum Gasteiger partial charge on any atom is -0.394 e. The highest BCUT2D eigenvalue weighted by atomic mass is 16.8. The first kappa shape index (κ1) is 36.6. The van der Waals surface area contributed by atoms with Crippen molar-refractivity contribution in [3.8, 4) is 0 Å². The molecule has 19 nitrogen and oxygen atoms in total. The first-order chi connectivity index (χ1) is 21.1. The van der Waals surface area contributed by atoms with Crippen molar-refractivity contribution in [1.29, 1.82) is 0 Å². The standard InChI is InChI=1S/C26H45NO18/c1-6-13(31)18(36)22(25(40-6)43-20-14(32)8(3)39-23(38)19(20)37)45-26-21(17(35)12(30)7(2)41-26)44-24-11(27-9(4)29)16(34)15(33)10(5-28)42-24/h6-8,10-26,28,30-38H,5H2,1-4H3,(H,27,29)/t6-,7-,8-,10+,11+,12-,13-,14-,15+,16+,17+,18+,19+,20+,21+,22+,23+,24-,25-,26-/m0/s1. The molecule has 0 saturated carbocycles. The fourth-order valence-corrected chi connectivity index (χ4v) is 5.74. The van der Waals surface area contributed by atoms with Crippen LogP contribution in [-0.2, 0) is 38.0 Å². The van der Waals surface area contributed by atoms with Crippen molar-refractivity contribution in [2.75, 3.05) is 6.61 Å². The van der Waals surface area contributed by atoms with E-state index in [2.05, 4.69) is 5.32 Å². The van der Waals surface area contributed by atoms with Gasteiger partial charge in [-0.25, -0.2) is 0 Å².